The van der Waals surface area contributed by atoms with E-state index >= 15 is 0 Å². The van der Waals surface area contributed by atoms with E-state index in [4.69, 9.17) is 5.11 Å². The van der Waals surface area contributed by atoms with Gasteiger partial charge in [-0.3, -0.25) is 0 Å². The third-order valence-corrected chi connectivity index (χ3v) is 4.72. The Morgan fingerprint density at radius 1 is 1.21 bits per heavy atom. The Morgan fingerprint density at radius 3 is 2.26 bits per heavy atom. The van der Waals surface area contributed by atoms with Crippen LogP contribution >= 0.6 is 0 Å². The first-order chi connectivity index (χ1) is 8.65. The van der Waals surface area contributed by atoms with Gasteiger partial charge in [0.05, 0.1) is 16.2 Å². The average Bonchev–Trinajstić information content (AvgIpc) is 2.25. The molecular formula is C13H19NO4S. The zero-order chi connectivity index (χ0) is 14.8. The van der Waals surface area contributed by atoms with E-state index in [2.05, 4.69) is 0 Å². The highest BCUT2D eigenvalue weighted by Gasteiger charge is 2.20. The van der Waals surface area contributed by atoms with Crippen LogP contribution in [0.3, 0.4) is 0 Å². The van der Waals surface area contributed by atoms with Crippen LogP contribution in [-0.4, -0.2) is 50.8 Å². The molecule has 1 aromatic rings. The number of hydrogen-bond acceptors (Lipinski definition) is 4. The Morgan fingerprint density at radius 2 is 1.79 bits per heavy atom. The fourth-order valence-corrected chi connectivity index (χ4v) is 3.48. The van der Waals surface area contributed by atoms with Crippen molar-refractivity contribution in [3.05, 3.63) is 28.8 Å². The Balaban J connectivity index is 3.27. The van der Waals surface area contributed by atoms with Crippen molar-refractivity contribution in [1.82, 2.24) is 4.90 Å². The van der Waals surface area contributed by atoms with Crippen molar-refractivity contribution in [2.24, 2.45) is 0 Å². The molecule has 6 heteroatoms. The molecule has 0 aliphatic carbocycles. The minimum absolute atomic E-state index is 0.0248. The van der Waals surface area contributed by atoms with Gasteiger partial charge in [-0.25, -0.2) is 13.2 Å². The number of rotatable bonds is 5. The zero-order valence-electron chi connectivity index (χ0n) is 11.6. The summed E-state index contributed by atoms with van der Waals surface area (Å²) in [6, 6.07) is 2.87. The molecular weight excluding hydrogens is 266 g/mol. The maximum atomic E-state index is 12.2. The Hall–Kier alpha value is -1.40. The molecule has 0 radical (unpaired) electrons. The molecule has 5 nitrogen and oxygen atoms in total. The fourth-order valence-electron chi connectivity index (χ4n) is 1.81. The van der Waals surface area contributed by atoms with Crippen LogP contribution in [0.2, 0.25) is 0 Å². The first-order valence-electron chi connectivity index (χ1n) is 5.87. The lowest BCUT2D eigenvalue weighted by molar-refractivity contribution is 0.0696. The maximum Gasteiger partial charge on any atom is 0.335 e. The van der Waals surface area contributed by atoms with Gasteiger partial charge in [0.2, 0.25) is 0 Å². The van der Waals surface area contributed by atoms with E-state index in [0.717, 1.165) is 0 Å². The predicted octanol–water partition coefficient (Wildman–Crippen LogP) is 1.34. The first-order valence-corrected chi connectivity index (χ1v) is 7.52. The maximum absolute atomic E-state index is 12.2. The van der Waals surface area contributed by atoms with Gasteiger partial charge < -0.3 is 10.0 Å². The SMILES string of the molecule is Cc1cc(C)c(S(=O)(=O)CCN(C)C)cc1C(=O)O. The molecule has 0 saturated carbocycles. The lowest BCUT2D eigenvalue weighted by Gasteiger charge is -2.13. The minimum atomic E-state index is -3.46. The lowest BCUT2D eigenvalue weighted by atomic mass is 10.1. The summed E-state index contributed by atoms with van der Waals surface area (Å²) in [6.07, 6.45) is 0. The molecule has 0 heterocycles. The molecule has 0 aliphatic rings. The van der Waals surface area contributed by atoms with E-state index in [9.17, 15) is 13.2 Å². The summed E-state index contributed by atoms with van der Waals surface area (Å²) in [7, 11) is 0.120. The Labute approximate surface area is 113 Å². The van der Waals surface area contributed by atoms with Crippen molar-refractivity contribution in [3.8, 4) is 0 Å². The van der Waals surface area contributed by atoms with Crippen LogP contribution in [0.15, 0.2) is 17.0 Å². The van der Waals surface area contributed by atoms with Gasteiger partial charge >= 0.3 is 5.97 Å². The number of nitrogens with zero attached hydrogens (tertiary/aromatic N) is 1. The first kappa shape index (κ1) is 15.7. The number of benzene rings is 1. The zero-order valence-corrected chi connectivity index (χ0v) is 12.4. The van der Waals surface area contributed by atoms with E-state index in [1.807, 2.05) is 0 Å². The monoisotopic (exact) mass is 285 g/mol. The summed E-state index contributed by atoms with van der Waals surface area (Å²) in [5.74, 6) is -1.13. The van der Waals surface area contributed by atoms with Gasteiger partial charge in [-0.05, 0) is 45.1 Å². The van der Waals surface area contributed by atoms with Crippen LogP contribution in [0.4, 0.5) is 0 Å². The molecule has 0 unspecified atom stereocenters. The summed E-state index contributed by atoms with van der Waals surface area (Å²) in [4.78, 5) is 13.0. The lowest BCUT2D eigenvalue weighted by Crippen LogP contribution is -2.22. The number of carboxylic acids is 1. The van der Waals surface area contributed by atoms with E-state index in [1.54, 1.807) is 38.9 Å². The number of hydrogen-bond donors (Lipinski definition) is 1. The molecule has 0 bridgehead atoms. The van der Waals surface area contributed by atoms with Gasteiger partial charge in [0.25, 0.3) is 0 Å². The summed E-state index contributed by atoms with van der Waals surface area (Å²) in [5.41, 5.74) is 1.19. The molecule has 1 rings (SSSR count). The van der Waals surface area contributed by atoms with E-state index in [0.29, 0.717) is 17.7 Å². The van der Waals surface area contributed by atoms with Crippen LogP contribution in [0, 0.1) is 13.8 Å². The molecule has 0 aliphatic heterocycles. The van der Waals surface area contributed by atoms with E-state index < -0.39 is 15.8 Å². The molecule has 0 aromatic heterocycles. The van der Waals surface area contributed by atoms with Crippen molar-refractivity contribution < 1.29 is 18.3 Å². The van der Waals surface area contributed by atoms with E-state index in [1.165, 1.54) is 6.07 Å². The van der Waals surface area contributed by atoms with Crippen LogP contribution in [0.25, 0.3) is 0 Å². The van der Waals surface area contributed by atoms with Crippen molar-refractivity contribution in [2.45, 2.75) is 18.7 Å². The molecule has 106 valence electrons. The third-order valence-electron chi connectivity index (χ3n) is 2.89. The van der Waals surface area contributed by atoms with Gasteiger partial charge in [-0.1, -0.05) is 6.07 Å². The molecule has 0 amide bonds. The normalized spacial score (nSPS) is 11.8. The van der Waals surface area contributed by atoms with Gasteiger partial charge in [0, 0.05) is 6.54 Å². The van der Waals surface area contributed by atoms with Gasteiger partial charge in [-0.15, -0.1) is 0 Å². The van der Waals surface area contributed by atoms with Gasteiger partial charge in [0.1, 0.15) is 0 Å². The standard InChI is InChI=1S/C13H19NO4S/c1-9-7-10(2)12(8-11(9)13(15)16)19(17,18)6-5-14(3)4/h7-8H,5-6H2,1-4H3,(H,15,16). The molecule has 0 fully saturated rings. The molecule has 0 atom stereocenters. The Kier molecular flexibility index (Phi) is 4.70. The average molecular weight is 285 g/mol. The van der Waals surface area contributed by atoms with Gasteiger partial charge in [0.15, 0.2) is 9.84 Å². The van der Waals surface area contributed by atoms with Crippen LogP contribution in [0.1, 0.15) is 21.5 Å². The molecule has 1 N–H and O–H groups in total. The van der Waals surface area contributed by atoms with Gasteiger partial charge in [-0.2, -0.15) is 0 Å². The molecule has 0 spiro atoms. The highest BCUT2D eigenvalue weighted by Crippen LogP contribution is 2.21. The number of aromatic carboxylic acids is 1. The summed E-state index contributed by atoms with van der Waals surface area (Å²) in [5, 5.41) is 9.06. The quantitative estimate of drug-likeness (QED) is 0.883. The van der Waals surface area contributed by atoms with E-state index in [-0.39, 0.29) is 16.2 Å². The molecule has 1 aromatic carbocycles. The van der Waals surface area contributed by atoms with Crippen molar-refractivity contribution in [2.75, 3.05) is 26.4 Å². The second-order valence-corrected chi connectivity index (χ2v) is 6.94. The highest BCUT2D eigenvalue weighted by atomic mass is 32.2. The van der Waals surface area contributed by atoms with Crippen molar-refractivity contribution in [3.63, 3.8) is 0 Å². The smallest absolute Gasteiger partial charge is 0.335 e. The third kappa shape index (κ3) is 3.78. The number of sulfone groups is 1. The molecule has 19 heavy (non-hydrogen) atoms. The molecule has 0 saturated heterocycles. The topological polar surface area (TPSA) is 74.7 Å². The predicted molar refractivity (Wildman–Crippen MR) is 73.5 cm³/mol. The second kappa shape index (κ2) is 5.71. The summed E-state index contributed by atoms with van der Waals surface area (Å²) in [6.45, 7) is 3.74. The highest BCUT2D eigenvalue weighted by molar-refractivity contribution is 7.91. The number of carbonyl (C=O) groups is 1. The van der Waals surface area contributed by atoms with Crippen molar-refractivity contribution in [1.29, 1.82) is 0 Å². The largest absolute Gasteiger partial charge is 0.478 e. The van der Waals surface area contributed by atoms with Crippen LogP contribution in [-0.2, 0) is 9.84 Å². The van der Waals surface area contributed by atoms with Crippen LogP contribution < -0.4 is 0 Å². The minimum Gasteiger partial charge on any atom is -0.478 e. The Bertz CT molecular complexity index is 591. The second-order valence-electron chi connectivity index (χ2n) is 4.86. The summed E-state index contributed by atoms with van der Waals surface area (Å²) < 4.78 is 24.4. The fraction of sp³-hybridized carbons (Fsp3) is 0.462. The number of carboxylic acid groups (broad SMARTS) is 1. The number of aryl methyl sites for hydroxylation is 2. The van der Waals surface area contributed by atoms with Crippen LogP contribution in [0.5, 0.6) is 0 Å². The van der Waals surface area contributed by atoms with Crippen molar-refractivity contribution >= 4 is 15.8 Å². The summed E-state index contributed by atoms with van der Waals surface area (Å²) >= 11 is 0.